The number of halogens is 1. The molecule has 0 aliphatic heterocycles. The largest absolute Gasteiger partial charge is 0.318 e. The minimum atomic E-state index is -0.376. The molecular formula is C13H15ClN4O. The fraction of sp³-hybridized carbons (Fsp3) is 0.308. The molecule has 2 N–H and O–H groups in total. The summed E-state index contributed by atoms with van der Waals surface area (Å²) < 4.78 is 0. The molecule has 0 atom stereocenters. The molecule has 0 spiro atoms. The van der Waals surface area contributed by atoms with Crippen LogP contribution in [0.3, 0.4) is 0 Å². The third kappa shape index (κ3) is 2.93. The molecule has 1 amide bonds. The zero-order valence-corrected chi connectivity index (χ0v) is 11.7. The minimum Gasteiger partial charge on any atom is -0.318 e. The van der Waals surface area contributed by atoms with Gasteiger partial charge in [0.2, 0.25) is 5.82 Å². The topological polar surface area (TPSA) is 70.7 Å². The third-order valence-corrected chi connectivity index (χ3v) is 3.03. The number of aromatic nitrogens is 3. The van der Waals surface area contributed by atoms with E-state index in [1.807, 2.05) is 32.9 Å². The van der Waals surface area contributed by atoms with Gasteiger partial charge in [0.1, 0.15) is 5.82 Å². The van der Waals surface area contributed by atoms with E-state index in [4.69, 9.17) is 11.6 Å². The van der Waals surface area contributed by atoms with Crippen LogP contribution in [0.25, 0.3) is 0 Å². The molecule has 2 rings (SSSR count). The minimum absolute atomic E-state index is 0.114. The SMILES string of the molecule is Cc1cccc(Cl)c1NC(=O)c1n[nH]c(C(C)C)n1. The van der Waals surface area contributed by atoms with Crippen LogP contribution >= 0.6 is 11.6 Å². The summed E-state index contributed by atoms with van der Waals surface area (Å²) in [7, 11) is 0. The van der Waals surface area contributed by atoms with Crippen LogP contribution in [0.5, 0.6) is 0 Å². The van der Waals surface area contributed by atoms with Gasteiger partial charge in [-0.2, -0.15) is 0 Å². The Morgan fingerprint density at radius 1 is 1.42 bits per heavy atom. The van der Waals surface area contributed by atoms with Crippen molar-refractivity contribution in [2.24, 2.45) is 0 Å². The maximum Gasteiger partial charge on any atom is 0.295 e. The van der Waals surface area contributed by atoms with Crippen LogP contribution in [0.4, 0.5) is 5.69 Å². The average Bonchev–Trinajstić information content (AvgIpc) is 2.83. The quantitative estimate of drug-likeness (QED) is 0.906. The Morgan fingerprint density at radius 2 is 2.16 bits per heavy atom. The Kier molecular flexibility index (Phi) is 3.85. The van der Waals surface area contributed by atoms with E-state index >= 15 is 0 Å². The highest BCUT2D eigenvalue weighted by molar-refractivity contribution is 6.34. The fourth-order valence-electron chi connectivity index (χ4n) is 1.59. The van der Waals surface area contributed by atoms with Crippen LogP contribution in [-0.4, -0.2) is 21.1 Å². The van der Waals surface area contributed by atoms with Crippen molar-refractivity contribution < 1.29 is 4.79 Å². The Hall–Kier alpha value is -1.88. The molecule has 1 aromatic carbocycles. The maximum atomic E-state index is 12.0. The fourth-order valence-corrected chi connectivity index (χ4v) is 1.86. The van der Waals surface area contributed by atoms with Crippen LogP contribution in [-0.2, 0) is 0 Å². The van der Waals surface area contributed by atoms with Gasteiger partial charge in [0.15, 0.2) is 0 Å². The molecular weight excluding hydrogens is 264 g/mol. The van der Waals surface area contributed by atoms with E-state index < -0.39 is 0 Å². The first kappa shape index (κ1) is 13.5. The molecule has 1 aromatic heterocycles. The number of carbonyl (C=O) groups excluding carboxylic acids is 1. The monoisotopic (exact) mass is 278 g/mol. The van der Waals surface area contributed by atoms with Gasteiger partial charge in [-0.05, 0) is 18.6 Å². The lowest BCUT2D eigenvalue weighted by atomic mass is 10.2. The molecule has 2 aromatic rings. The summed E-state index contributed by atoms with van der Waals surface area (Å²) in [4.78, 5) is 16.2. The van der Waals surface area contributed by atoms with Crippen molar-refractivity contribution in [3.8, 4) is 0 Å². The van der Waals surface area contributed by atoms with Crippen molar-refractivity contribution in [3.05, 3.63) is 40.4 Å². The molecule has 19 heavy (non-hydrogen) atoms. The maximum absolute atomic E-state index is 12.0. The number of anilines is 1. The predicted molar refractivity (Wildman–Crippen MR) is 74.6 cm³/mol. The van der Waals surface area contributed by atoms with Gasteiger partial charge in [-0.3, -0.25) is 9.89 Å². The Bertz CT molecular complexity index is 586. The van der Waals surface area contributed by atoms with Crippen molar-refractivity contribution in [3.63, 3.8) is 0 Å². The number of para-hydroxylation sites is 1. The molecule has 0 aliphatic carbocycles. The highest BCUT2D eigenvalue weighted by Crippen LogP contribution is 2.25. The van der Waals surface area contributed by atoms with E-state index in [0.717, 1.165) is 5.56 Å². The number of rotatable bonds is 3. The predicted octanol–water partition coefficient (Wildman–Crippen LogP) is 3.14. The molecule has 0 fully saturated rings. The second-order valence-electron chi connectivity index (χ2n) is 4.58. The van der Waals surface area contributed by atoms with Crippen LogP contribution in [0.15, 0.2) is 18.2 Å². The van der Waals surface area contributed by atoms with E-state index in [9.17, 15) is 4.79 Å². The molecule has 6 heteroatoms. The second-order valence-corrected chi connectivity index (χ2v) is 4.99. The van der Waals surface area contributed by atoms with Crippen LogP contribution in [0.1, 0.15) is 41.8 Å². The van der Waals surface area contributed by atoms with Crippen LogP contribution in [0, 0.1) is 6.92 Å². The molecule has 0 saturated heterocycles. The number of benzene rings is 1. The Labute approximate surface area is 116 Å². The lowest BCUT2D eigenvalue weighted by Gasteiger charge is -2.08. The molecule has 0 aliphatic rings. The average molecular weight is 279 g/mol. The lowest BCUT2D eigenvalue weighted by Crippen LogP contribution is -2.15. The number of hydrogen-bond donors (Lipinski definition) is 2. The summed E-state index contributed by atoms with van der Waals surface area (Å²) in [6, 6.07) is 5.43. The number of aromatic amines is 1. The van der Waals surface area contributed by atoms with Crippen molar-refractivity contribution in [1.29, 1.82) is 0 Å². The summed E-state index contributed by atoms with van der Waals surface area (Å²) >= 11 is 6.05. The normalized spacial score (nSPS) is 10.8. The van der Waals surface area contributed by atoms with Crippen molar-refractivity contribution in [1.82, 2.24) is 15.2 Å². The third-order valence-electron chi connectivity index (χ3n) is 2.71. The molecule has 0 bridgehead atoms. The first-order valence-corrected chi connectivity index (χ1v) is 6.35. The van der Waals surface area contributed by atoms with E-state index in [2.05, 4.69) is 20.5 Å². The Balaban J connectivity index is 2.21. The van der Waals surface area contributed by atoms with Gasteiger partial charge in [0, 0.05) is 5.92 Å². The van der Waals surface area contributed by atoms with Gasteiger partial charge in [0.25, 0.3) is 5.91 Å². The van der Waals surface area contributed by atoms with Gasteiger partial charge in [-0.15, -0.1) is 5.10 Å². The van der Waals surface area contributed by atoms with Gasteiger partial charge < -0.3 is 5.32 Å². The summed E-state index contributed by atoms with van der Waals surface area (Å²) in [6.45, 7) is 5.82. The van der Waals surface area contributed by atoms with Gasteiger partial charge in [-0.25, -0.2) is 4.98 Å². The smallest absolute Gasteiger partial charge is 0.295 e. The van der Waals surface area contributed by atoms with Crippen LogP contribution in [0.2, 0.25) is 5.02 Å². The first-order valence-electron chi connectivity index (χ1n) is 5.97. The van der Waals surface area contributed by atoms with Crippen LogP contribution < -0.4 is 5.32 Å². The van der Waals surface area contributed by atoms with Gasteiger partial charge >= 0.3 is 0 Å². The highest BCUT2D eigenvalue weighted by Gasteiger charge is 2.16. The molecule has 5 nitrogen and oxygen atoms in total. The molecule has 0 unspecified atom stereocenters. The zero-order valence-electron chi connectivity index (χ0n) is 11.0. The number of amides is 1. The molecule has 0 radical (unpaired) electrons. The standard InChI is InChI=1S/C13H15ClN4O/c1-7(2)11-16-12(18-17-11)13(19)15-10-8(3)5-4-6-9(10)14/h4-7H,1-3H3,(H,15,19)(H,16,17,18). The van der Waals surface area contributed by atoms with Crippen molar-refractivity contribution in [2.75, 3.05) is 5.32 Å². The first-order chi connectivity index (χ1) is 8.99. The number of carbonyl (C=O) groups is 1. The molecule has 0 saturated carbocycles. The van der Waals surface area contributed by atoms with Crippen molar-refractivity contribution >= 4 is 23.2 Å². The summed E-state index contributed by atoms with van der Waals surface area (Å²) in [5.41, 5.74) is 1.48. The number of nitrogens with one attached hydrogen (secondary N) is 2. The Morgan fingerprint density at radius 3 is 2.74 bits per heavy atom. The lowest BCUT2D eigenvalue weighted by molar-refractivity contribution is 0.101. The highest BCUT2D eigenvalue weighted by atomic mass is 35.5. The number of aryl methyl sites for hydroxylation is 1. The zero-order chi connectivity index (χ0) is 14.0. The van der Waals surface area contributed by atoms with Crippen molar-refractivity contribution in [2.45, 2.75) is 26.7 Å². The summed E-state index contributed by atoms with van der Waals surface area (Å²) in [5.74, 6) is 0.611. The number of H-pyrrole nitrogens is 1. The number of hydrogen-bond acceptors (Lipinski definition) is 3. The van der Waals surface area contributed by atoms with Gasteiger partial charge in [-0.1, -0.05) is 37.6 Å². The van der Waals surface area contributed by atoms with E-state index in [1.54, 1.807) is 6.07 Å². The summed E-state index contributed by atoms with van der Waals surface area (Å²) in [6.07, 6.45) is 0. The van der Waals surface area contributed by atoms with Gasteiger partial charge in [0.05, 0.1) is 10.7 Å². The van der Waals surface area contributed by atoms with E-state index in [1.165, 1.54) is 0 Å². The van der Waals surface area contributed by atoms with E-state index in [0.29, 0.717) is 16.5 Å². The molecule has 100 valence electrons. The summed E-state index contributed by atoms with van der Waals surface area (Å²) in [5, 5.41) is 9.87. The second kappa shape index (κ2) is 5.40. The number of nitrogens with zero attached hydrogens (tertiary/aromatic N) is 2. The molecule has 1 heterocycles. The van der Waals surface area contributed by atoms with E-state index in [-0.39, 0.29) is 17.6 Å².